The van der Waals surface area contributed by atoms with Crippen molar-refractivity contribution in [1.29, 1.82) is 0 Å². The van der Waals surface area contributed by atoms with Crippen molar-refractivity contribution in [3.05, 3.63) is 17.7 Å². The summed E-state index contributed by atoms with van der Waals surface area (Å²) in [6, 6.07) is 3.08. The van der Waals surface area contributed by atoms with E-state index in [1.165, 1.54) is 71.0 Å². The molecule has 0 unspecified atom stereocenters. The lowest BCUT2D eigenvalue weighted by Crippen LogP contribution is -2.11. The van der Waals surface area contributed by atoms with Crippen molar-refractivity contribution in [3.63, 3.8) is 0 Å². The first-order valence-electron chi connectivity index (χ1n) is 10.3. The lowest BCUT2D eigenvalue weighted by Gasteiger charge is -2.15. The van der Waals surface area contributed by atoms with Crippen LogP contribution in [0.3, 0.4) is 0 Å². The van der Waals surface area contributed by atoms with Crippen molar-refractivity contribution in [2.45, 2.75) is 84.0 Å². The zero-order valence-corrected chi connectivity index (χ0v) is 17.0. The molecule has 0 aliphatic rings. The third kappa shape index (κ3) is 10.1. The number of aromatic hydroxyl groups is 1. The summed E-state index contributed by atoms with van der Waals surface area (Å²) in [4.78, 5) is 10.8. The largest absolute Gasteiger partial charge is 0.508 e. The molecular weight excluding hydrogens is 344 g/mol. The Bertz CT molecular complexity index is 542. The molecule has 0 radical (unpaired) electrons. The van der Waals surface area contributed by atoms with Gasteiger partial charge in [0.25, 0.3) is 0 Å². The predicted octanol–water partition coefficient (Wildman–Crippen LogP) is 5.72. The van der Waals surface area contributed by atoms with Crippen LogP contribution in [0.1, 0.15) is 83.1 Å². The Morgan fingerprint density at radius 1 is 0.926 bits per heavy atom. The van der Waals surface area contributed by atoms with Crippen molar-refractivity contribution >= 4 is 5.97 Å². The number of carboxylic acids is 1. The monoisotopic (exact) mass is 380 g/mol. The maximum atomic E-state index is 10.8. The zero-order chi connectivity index (χ0) is 19.9. The van der Waals surface area contributed by atoms with E-state index in [1.807, 2.05) is 0 Å². The fourth-order valence-electron chi connectivity index (χ4n) is 3.26. The maximum absolute atomic E-state index is 10.8. The molecule has 0 aliphatic heterocycles. The Balaban J connectivity index is 2.32. The molecule has 0 saturated carbocycles. The van der Waals surface area contributed by atoms with E-state index in [0.29, 0.717) is 11.5 Å². The van der Waals surface area contributed by atoms with Crippen molar-refractivity contribution in [1.82, 2.24) is 0 Å². The molecule has 154 valence electrons. The van der Waals surface area contributed by atoms with Gasteiger partial charge in [0.15, 0.2) is 18.1 Å². The van der Waals surface area contributed by atoms with Crippen molar-refractivity contribution in [3.8, 4) is 17.2 Å². The Kier molecular flexibility index (Phi) is 12.2. The topological polar surface area (TPSA) is 76.0 Å². The number of phenolic OH excluding ortho intramolecular Hbond substituents is 1. The third-order valence-corrected chi connectivity index (χ3v) is 4.73. The predicted molar refractivity (Wildman–Crippen MR) is 108 cm³/mol. The average molecular weight is 381 g/mol. The normalized spacial score (nSPS) is 10.7. The molecule has 1 aromatic carbocycles. The molecule has 2 N–H and O–H groups in total. The van der Waals surface area contributed by atoms with Gasteiger partial charge in [0, 0.05) is 11.6 Å². The number of carbonyl (C=O) groups is 1. The number of phenols is 1. The summed E-state index contributed by atoms with van der Waals surface area (Å²) in [5.41, 5.74) is 0.795. The number of hydrogen-bond acceptors (Lipinski definition) is 4. The molecule has 0 bridgehead atoms. The van der Waals surface area contributed by atoms with Gasteiger partial charge in [-0.05, 0) is 18.9 Å². The minimum atomic E-state index is -1.04. The van der Waals surface area contributed by atoms with Gasteiger partial charge >= 0.3 is 5.97 Å². The van der Waals surface area contributed by atoms with E-state index in [9.17, 15) is 9.90 Å². The van der Waals surface area contributed by atoms with E-state index >= 15 is 0 Å². The molecule has 5 heteroatoms. The minimum absolute atomic E-state index is 0.104. The van der Waals surface area contributed by atoms with Crippen molar-refractivity contribution in [2.75, 3.05) is 13.7 Å². The highest BCUT2D eigenvalue weighted by molar-refractivity contribution is 5.69. The van der Waals surface area contributed by atoms with Crippen LogP contribution in [0.2, 0.25) is 0 Å². The summed E-state index contributed by atoms with van der Waals surface area (Å²) in [5, 5.41) is 18.7. The van der Waals surface area contributed by atoms with Crippen LogP contribution in [-0.2, 0) is 11.2 Å². The molecule has 0 amide bonds. The first kappa shape index (κ1) is 23.1. The van der Waals surface area contributed by atoms with Gasteiger partial charge in [0.05, 0.1) is 7.11 Å². The molecule has 27 heavy (non-hydrogen) atoms. The Labute approximate surface area is 163 Å². The molecular formula is C22H36O5. The summed E-state index contributed by atoms with van der Waals surface area (Å²) in [6.07, 6.45) is 14.7. The van der Waals surface area contributed by atoms with Gasteiger partial charge in [-0.3, -0.25) is 0 Å². The number of unbranched alkanes of at least 4 members (excludes halogenated alkanes) is 10. The van der Waals surface area contributed by atoms with Crippen LogP contribution in [0, 0.1) is 0 Å². The van der Waals surface area contributed by atoms with E-state index in [0.717, 1.165) is 24.8 Å². The summed E-state index contributed by atoms with van der Waals surface area (Å²) >= 11 is 0. The van der Waals surface area contributed by atoms with Crippen LogP contribution in [0.25, 0.3) is 0 Å². The number of benzene rings is 1. The first-order valence-corrected chi connectivity index (χ1v) is 10.3. The number of ether oxygens (including phenoxy) is 2. The second-order valence-electron chi connectivity index (χ2n) is 7.10. The number of hydrogen-bond donors (Lipinski definition) is 2. The second-order valence-corrected chi connectivity index (χ2v) is 7.10. The fourth-order valence-corrected chi connectivity index (χ4v) is 3.26. The first-order chi connectivity index (χ1) is 13.1. The molecule has 0 atom stereocenters. The highest BCUT2D eigenvalue weighted by atomic mass is 16.5. The zero-order valence-electron chi connectivity index (χ0n) is 17.0. The Morgan fingerprint density at radius 3 is 2.00 bits per heavy atom. The smallest absolute Gasteiger partial charge is 0.341 e. The third-order valence-electron chi connectivity index (χ3n) is 4.73. The number of rotatable bonds is 16. The van der Waals surface area contributed by atoms with Crippen LogP contribution in [0.15, 0.2) is 12.1 Å². The molecule has 0 heterocycles. The standard InChI is InChI=1S/C22H36O5/c1-3-4-5-6-7-8-9-10-11-12-13-14-18-15-19(23)16-20(26-2)22(18)27-17-21(24)25/h15-16,23H,3-14,17H2,1-2H3,(H,24,25). The van der Waals surface area contributed by atoms with E-state index in [1.54, 1.807) is 6.07 Å². The molecule has 1 rings (SSSR count). The number of carboxylic acid groups (broad SMARTS) is 1. The van der Waals surface area contributed by atoms with Gasteiger partial charge in [-0.15, -0.1) is 0 Å². The fraction of sp³-hybridized carbons (Fsp3) is 0.682. The molecule has 0 aliphatic carbocycles. The van der Waals surface area contributed by atoms with E-state index < -0.39 is 12.6 Å². The van der Waals surface area contributed by atoms with E-state index in [4.69, 9.17) is 14.6 Å². The van der Waals surface area contributed by atoms with Gasteiger partial charge in [-0.25, -0.2) is 4.79 Å². The van der Waals surface area contributed by atoms with E-state index in [-0.39, 0.29) is 5.75 Å². The number of aryl methyl sites for hydroxylation is 1. The van der Waals surface area contributed by atoms with Gasteiger partial charge in [-0.2, -0.15) is 0 Å². The second kappa shape index (κ2) is 14.2. The summed E-state index contributed by atoms with van der Waals surface area (Å²) in [7, 11) is 1.48. The molecule has 0 spiro atoms. The van der Waals surface area contributed by atoms with Gasteiger partial charge in [-0.1, -0.05) is 71.1 Å². The molecule has 1 aromatic rings. The van der Waals surface area contributed by atoms with Crippen LogP contribution >= 0.6 is 0 Å². The van der Waals surface area contributed by atoms with Crippen molar-refractivity contribution < 1.29 is 24.5 Å². The molecule has 0 fully saturated rings. The molecule has 5 nitrogen and oxygen atoms in total. The average Bonchev–Trinajstić information content (AvgIpc) is 2.64. The SMILES string of the molecule is CCCCCCCCCCCCCc1cc(O)cc(OC)c1OCC(=O)O. The summed E-state index contributed by atoms with van der Waals surface area (Å²) < 4.78 is 10.6. The lowest BCUT2D eigenvalue weighted by molar-refractivity contribution is -0.139. The highest BCUT2D eigenvalue weighted by Gasteiger charge is 2.14. The van der Waals surface area contributed by atoms with Gasteiger partial charge in [0.2, 0.25) is 0 Å². The van der Waals surface area contributed by atoms with Gasteiger partial charge < -0.3 is 19.7 Å². The number of methoxy groups -OCH3 is 1. The lowest BCUT2D eigenvalue weighted by atomic mass is 10.0. The molecule has 0 aromatic heterocycles. The highest BCUT2D eigenvalue weighted by Crippen LogP contribution is 2.36. The minimum Gasteiger partial charge on any atom is -0.508 e. The van der Waals surface area contributed by atoms with Crippen molar-refractivity contribution in [2.24, 2.45) is 0 Å². The Morgan fingerprint density at radius 2 is 1.48 bits per heavy atom. The van der Waals surface area contributed by atoms with Crippen LogP contribution in [0.4, 0.5) is 0 Å². The Hall–Kier alpha value is -1.91. The van der Waals surface area contributed by atoms with Gasteiger partial charge in [0.1, 0.15) is 5.75 Å². The molecule has 0 saturated heterocycles. The van der Waals surface area contributed by atoms with Crippen LogP contribution in [-0.4, -0.2) is 29.9 Å². The van der Waals surface area contributed by atoms with Crippen LogP contribution < -0.4 is 9.47 Å². The van der Waals surface area contributed by atoms with E-state index in [2.05, 4.69) is 6.92 Å². The maximum Gasteiger partial charge on any atom is 0.341 e. The summed E-state index contributed by atoms with van der Waals surface area (Å²) in [5.74, 6) is -0.141. The quantitative estimate of drug-likeness (QED) is 0.359. The summed E-state index contributed by atoms with van der Waals surface area (Å²) in [6.45, 7) is 1.82. The number of aliphatic carboxylic acids is 1. The van der Waals surface area contributed by atoms with Crippen LogP contribution in [0.5, 0.6) is 17.2 Å².